The zero-order chi connectivity index (χ0) is 14.5. The van der Waals surface area contributed by atoms with Gasteiger partial charge in [-0.2, -0.15) is 0 Å². The minimum absolute atomic E-state index is 0.0345. The maximum absolute atomic E-state index is 12.2. The maximum atomic E-state index is 12.2. The third kappa shape index (κ3) is 3.46. The van der Waals surface area contributed by atoms with Crippen LogP contribution in [0.15, 0.2) is 18.2 Å². The van der Waals surface area contributed by atoms with Crippen LogP contribution in [0, 0.1) is 0 Å². The molecule has 1 aromatic heterocycles. The van der Waals surface area contributed by atoms with E-state index in [-0.39, 0.29) is 11.6 Å². The molecule has 0 radical (unpaired) electrons. The zero-order valence-corrected chi connectivity index (χ0v) is 11.5. The highest BCUT2D eigenvalue weighted by Gasteiger charge is 2.22. The molecular formula is C14H19N3O3. The fraction of sp³-hybridized carbons (Fsp3) is 0.500. The number of carbonyl (C=O) groups is 2. The van der Waals surface area contributed by atoms with Crippen molar-refractivity contribution in [3.8, 4) is 0 Å². The summed E-state index contributed by atoms with van der Waals surface area (Å²) in [5.74, 6) is -0.640. The molecule has 2 N–H and O–H groups in total. The zero-order valence-electron chi connectivity index (χ0n) is 11.5. The van der Waals surface area contributed by atoms with Crippen LogP contribution in [0.3, 0.4) is 0 Å². The first-order chi connectivity index (χ1) is 9.58. The average Bonchev–Trinajstić information content (AvgIpc) is 2.47. The molecule has 1 aliphatic rings. The third-order valence-corrected chi connectivity index (χ3v) is 3.37. The number of aromatic nitrogens is 1. The van der Waals surface area contributed by atoms with E-state index in [1.165, 1.54) is 12.5 Å². The van der Waals surface area contributed by atoms with Crippen LogP contribution in [0.1, 0.15) is 36.7 Å². The second kappa shape index (κ2) is 6.36. The molecule has 0 spiro atoms. The molecule has 108 valence electrons. The van der Waals surface area contributed by atoms with Crippen LogP contribution in [0.25, 0.3) is 0 Å². The molecule has 6 heteroatoms. The van der Waals surface area contributed by atoms with Crippen LogP contribution in [-0.2, 0) is 4.79 Å². The number of amides is 1. The summed E-state index contributed by atoms with van der Waals surface area (Å²) in [6.07, 6.45) is 3.27. The number of nitrogens with one attached hydrogen (secondary N) is 1. The molecule has 1 fully saturated rings. The Balaban J connectivity index is 1.99. The number of rotatable bonds is 4. The normalized spacial score (nSPS) is 16.6. The molecule has 1 aliphatic heterocycles. The first-order valence-corrected chi connectivity index (χ1v) is 6.83. The van der Waals surface area contributed by atoms with Crippen LogP contribution < -0.4 is 5.32 Å². The van der Waals surface area contributed by atoms with E-state index < -0.39 is 12.0 Å². The van der Waals surface area contributed by atoms with Crippen molar-refractivity contribution in [2.45, 2.75) is 32.2 Å². The van der Waals surface area contributed by atoms with E-state index in [4.69, 9.17) is 5.11 Å². The van der Waals surface area contributed by atoms with E-state index in [1.54, 1.807) is 19.1 Å². The van der Waals surface area contributed by atoms with Crippen molar-refractivity contribution in [1.82, 2.24) is 9.88 Å². The molecule has 6 nitrogen and oxygen atoms in total. The van der Waals surface area contributed by atoms with Crippen molar-refractivity contribution < 1.29 is 14.7 Å². The number of likely N-dealkylation sites (tertiary alicyclic amines) is 1. The van der Waals surface area contributed by atoms with Gasteiger partial charge in [0.25, 0.3) is 0 Å². The molecule has 1 saturated heterocycles. The van der Waals surface area contributed by atoms with Crippen LogP contribution in [0.4, 0.5) is 5.82 Å². The van der Waals surface area contributed by atoms with E-state index >= 15 is 0 Å². The van der Waals surface area contributed by atoms with Gasteiger partial charge in [0.15, 0.2) is 5.69 Å². The number of hydrogen-bond acceptors (Lipinski definition) is 4. The molecular weight excluding hydrogens is 258 g/mol. The Morgan fingerprint density at radius 1 is 1.30 bits per heavy atom. The van der Waals surface area contributed by atoms with Crippen LogP contribution >= 0.6 is 0 Å². The Bertz CT molecular complexity index is 498. The molecule has 0 saturated carbocycles. The number of carbonyl (C=O) groups excluding carboxylic acids is 1. The van der Waals surface area contributed by atoms with Crippen LogP contribution in [-0.4, -0.2) is 46.0 Å². The minimum atomic E-state index is -1.08. The molecule has 1 amide bonds. The number of piperidine rings is 1. The first-order valence-electron chi connectivity index (χ1n) is 6.83. The summed E-state index contributed by atoms with van der Waals surface area (Å²) in [5, 5.41) is 11.9. The van der Waals surface area contributed by atoms with Crippen molar-refractivity contribution in [2.75, 3.05) is 18.4 Å². The van der Waals surface area contributed by atoms with Gasteiger partial charge < -0.3 is 15.3 Å². The molecule has 1 atom stereocenters. The maximum Gasteiger partial charge on any atom is 0.354 e. The summed E-state index contributed by atoms with van der Waals surface area (Å²) in [6, 6.07) is 4.28. The average molecular weight is 277 g/mol. The Morgan fingerprint density at radius 2 is 2.00 bits per heavy atom. The smallest absolute Gasteiger partial charge is 0.354 e. The number of aromatic carboxylic acids is 1. The summed E-state index contributed by atoms with van der Waals surface area (Å²) in [6.45, 7) is 3.37. The predicted molar refractivity (Wildman–Crippen MR) is 74.7 cm³/mol. The van der Waals surface area contributed by atoms with Gasteiger partial charge in [0.2, 0.25) is 5.91 Å². The van der Waals surface area contributed by atoms with Gasteiger partial charge in [-0.05, 0) is 38.3 Å². The van der Waals surface area contributed by atoms with E-state index in [9.17, 15) is 9.59 Å². The summed E-state index contributed by atoms with van der Waals surface area (Å²) >= 11 is 0. The molecule has 20 heavy (non-hydrogen) atoms. The van der Waals surface area contributed by atoms with Crippen molar-refractivity contribution in [3.05, 3.63) is 23.9 Å². The lowest BCUT2D eigenvalue weighted by atomic mass is 10.1. The standard InChI is InChI=1S/C14H19N3O3/c1-10(13(18)17-8-3-2-4-9-17)15-12-7-5-6-11(16-12)14(19)20/h5-7,10H,2-4,8-9H2,1H3,(H,15,16)(H,19,20). The summed E-state index contributed by atoms with van der Waals surface area (Å²) in [7, 11) is 0. The summed E-state index contributed by atoms with van der Waals surface area (Å²) < 4.78 is 0. The quantitative estimate of drug-likeness (QED) is 0.873. The molecule has 0 bridgehead atoms. The number of carboxylic acids is 1. The van der Waals surface area contributed by atoms with Crippen molar-refractivity contribution >= 4 is 17.7 Å². The molecule has 0 aromatic carbocycles. The van der Waals surface area contributed by atoms with E-state index in [0.717, 1.165) is 25.9 Å². The third-order valence-electron chi connectivity index (χ3n) is 3.37. The Kier molecular flexibility index (Phi) is 4.55. The van der Waals surface area contributed by atoms with Gasteiger partial charge in [-0.3, -0.25) is 4.79 Å². The van der Waals surface area contributed by atoms with Gasteiger partial charge >= 0.3 is 5.97 Å². The molecule has 0 aliphatic carbocycles. The largest absolute Gasteiger partial charge is 0.477 e. The highest BCUT2D eigenvalue weighted by atomic mass is 16.4. The number of hydrogen-bond donors (Lipinski definition) is 2. The van der Waals surface area contributed by atoms with Crippen LogP contribution in [0.5, 0.6) is 0 Å². The SMILES string of the molecule is CC(Nc1cccc(C(=O)O)n1)C(=O)N1CCCCC1. The van der Waals surface area contributed by atoms with Gasteiger partial charge in [-0.15, -0.1) is 0 Å². The lowest BCUT2D eigenvalue weighted by Gasteiger charge is -2.29. The molecule has 1 unspecified atom stereocenters. The lowest BCUT2D eigenvalue weighted by molar-refractivity contribution is -0.132. The van der Waals surface area contributed by atoms with Gasteiger partial charge in [0, 0.05) is 13.1 Å². The highest BCUT2D eigenvalue weighted by molar-refractivity contribution is 5.86. The molecule has 2 heterocycles. The predicted octanol–water partition coefficient (Wildman–Crippen LogP) is 1.59. The number of anilines is 1. The van der Waals surface area contributed by atoms with E-state index in [0.29, 0.717) is 5.82 Å². The van der Waals surface area contributed by atoms with Crippen molar-refractivity contribution in [1.29, 1.82) is 0 Å². The van der Waals surface area contributed by atoms with E-state index in [1.807, 2.05) is 4.90 Å². The van der Waals surface area contributed by atoms with Gasteiger partial charge in [-0.1, -0.05) is 6.07 Å². The Labute approximate surface area is 117 Å². The lowest BCUT2D eigenvalue weighted by Crippen LogP contribution is -2.44. The second-order valence-corrected chi connectivity index (χ2v) is 4.97. The van der Waals surface area contributed by atoms with Crippen LogP contribution in [0.2, 0.25) is 0 Å². The van der Waals surface area contributed by atoms with Gasteiger partial charge in [0.05, 0.1) is 0 Å². The van der Waals surface area contributed by atoms with Gasteiger partial charge in [-0.25, -0.2) is 9.78 Å². The number of carboxylic acid groups (broad SMARTS) is 1. The fourth-order valence-corrected chi connectivity index (χ4v) is 2.31. The second-order valence-electron chi connectivity index (χ2n) is 4.97. The van der Waals surface area contributed by atoms with Crippen molar-refractivity contribution in [2.24, 2.45) is 0 Å². The Morgan fingerprint density at radius 3 is 2.65 bits per heavy atom. The summed E-state index contributed by atoms with van der Waals surface area (Å²) in [4.78, 5) is 28.9. The van der Waals surface area contributed by atoms with E-state index in [2.05, 4.69) is 10.3 Å². The Hall–Kier alpha value is -2.11. The monoisotopic (exact) mass is 277 g/mol. The topological polar surface area (TPSA) is 82.5 Å². The molecule has 2 rings (SSSR count). The van der Waals surface area contributed by atoms with Crippen molar-refractivity contribution in [3.63, 3.8) is 0 Å². The fourth-order valence-electron chi connectivity index (χ4n) is 2.31. The minimum Gasteiger partial charge on any atom is -0.477 e. The molecule has 1 aromatic rings. The highest BCUT2D eigenvalue weighted by Crippen LogP contribution is 2.12. The number of nitrogens with zero attached hydrogens (tertiary/aromatic N) is 2. The number of pyridine rings is 1. The van der Waals surface area contributed by atoms with Gasteiger partial charge in [0.1, 0.15) is 11.9 Å². The first kappa shape index (κ1) is 14.3. The summed E-state index contributed by atoms with van der Waals surface area (Å²) in [5.41, 5.74) is -0.0346.